The summed E-state index contributed by atoms with van der Waals surface area (Å²) in [4.78, 5) is 6.88. The highest BCUT2D eigenvalue weighted by molar-refractivity contribution is 5.33. The molecule has 106 valence electrons. The lowest BCUT2D eigenvalue weighted by Crippen LogP contribution is -2.39. The van der Waals surface area contributed by atoms with Gasteiger partial charge in [-0.3, -0.25) is 4.90 Å². The normalized spacial score (nSPS) is 16.9. The molecule has 0 bridgehead atoms. The van der Waals surface area contributed by atoms with Crippen molar-refractivity contribution in [1.29, 1.82) is 0 Å². The first-order chi connectivity index (χ1) is 9.69. The van der Waals surface area contributed by atoms with Gasteiger partial charge in [-0.05, 0) is 25.0 Å². The van der Waals surface area contributed by atoms with E-state index in [1.165, 1.54) is 16.7 Å². The molecule has 0 aliphatic carbocycles. The summed E-state index contributed by atoms with van der Waals surface area (Å²) in [5.41, 5.74) is 10.0. The molecular weight excluding hydrogens is 248 g/mol. The lowest BCUT2D eigenvalue weighted by molar-refractivity contribution is 0.156. The van der Waals surface area contributed by atoms with E-state index < -0.39 is 0 Å². The molecule has 20 heavy (non-hydrogen) atoms. The van der Waals surface area contributed by atoms with Gasteiger partial charge in [0.15, 0.2) is 0 Å². The summed E-state index contributed by atoms with van der Waals surface area (Å²) in [6.45, 7) is 7.85. The van der Waals surface area contributed by atoms with E-state index in [1.54, 1.807) is 0 Å². The number of aromatic nitrogens is 2. The maximum atomic E-state index is 6.07. The molecule has 0 spiro atoms. The number of nitrogens with two attached hydrogens (primary N) is 1. The van der Waals surface area contributed by atoms with Crippen LogP contribution in [0, 0.1) is 13.8 Å². The van der Waals surface area contributed by atoms with Crippen molar-refractivity contribution in [1.82, 2.24) is 14.5 Å². The second kappa shape index (κ2) is 5.38. The van der Waals surface area contributed by atoms with Gasteiger partial charge < -0.3 is 10.3 Å². The second-order valence-electron chi connectivity index (χ2n) is 5.62. The molecule has 3 rings (SSSR count). The molecule has 1 atom stereocenters. The molecule has 1 aromatic carbocycles. The Kier molecular flexibility index (Phi) is 3.59. The predicted molar refractivity (Wildman–Crippen MR) is 80.3 cm³/mol. The van der Waals surface area contributed by atoms with Crippen LogP contribution in [0.5, 0.6) is 0 Å². The van der Waals surface area contributed by atoms with Crippen LogP contribution in [0.1, 0.15) is 28.6 Å². The standard InChI is InChI=1S/C16H22N4/c1-12-3-4-14(13(2)9-12)15(10-17)20-8-7-19-6-5-18-16(19)11-20/h3-6,9,15H,7-8,10-11,17H2,1-2H3. The summed E-state index contributed by atoms with van der Waals surface area (Å²) in [7, 11) is 0. The van der Waals surface area contributed by atoms with E-state index in [0.29, 0.717) is 6.54 Å². The Hall–Kier alpha value is -1.65. The van der Waals surface area contributed by atoms with Crippen LogP contribution >= 0.6 is 0 Å². The van der Waals surface area contributed by atoms with E-state index in [0.717, 1.165) is 25.5 Å². The summed E-state index contributed by atoms with van der Waals surface area (Å²) in [5.74, 6) is 1.14. The molecule has 0 fully saturated rings. The Bertz CT molecular complexity index is 602. The lowest BCUT2D eigenvalue weighted by atomic mass is 9.97. The van der Waals surface area contributed by atoms with Crippen LogP contribution in [-0.2, 0) is 13.1 Å². The third-order valence-corrected chi connectivity index (χ3v) is 4.22. The zero-order valence-corrected chi connectivity index (χ0v) is 12.2. The first kappa shape index (κ1) is 13.3. The van der Waals surface area contributed by atoms with Crippen molar-refractivity contribution in [3.63, 3.8) is 0 Å². The maximum Gasteiger partial charge on any atom is 0.122 e. The summed E-state index contributed by atoms with van der Waals surface area (Å²) in [6.07, 6.45) is 3.94. The van der Waals surface area contributed by atoms with Crippen molar-refractivity contribution in [2.45, 2.75) is 33.0 Å². The monoisotopic (exact) mass is 270 g/mol. The van der Waals surface area contributed by atoms with Crippen LogP contribution in [0.2, 0.25) is 0 Å². The van der Waals surface area contributed by atoms with Crippen molar-refractivity contribution in [2.75, 3.05) is 13.1 Å². The fraction of sp³-hybridized carbons (Fsp3) is 0.438. The average Bonchev–Trinajstić information content (AvgIpc) is 2.89. The fourth-order valence-electron chi connectivity index (χ4n) is 3.13. The van der Waals surface area contributed by atoms with Gasteiger partial charge in [0.25, 0.3) is 0 Å². The van der Waals surface area contributed by atoms with Crippen LogP contribution in [0.4, 0.5) is 0 Å². The highest BCUT2D eigenvalue weighted by Crippen LogP contribution is 2.27. The van der Waals surface area contributed by atoms with Crippen molar-refractivity contribution in [3.05, 3.63) is 53.1 Å². The number of aryl methyl sites for hydroxylation is 2. The van der Waals surface area contributed by atoms with E-state index in [4.69, 9.17) is 5.73 Å². The quantitative estimate of drug-likeness (QED) is 0.928. The third-order valence-electron chi connectivity index (χ3n) is 4.22. The smallest absolute Gasteiger partial charge is 0.122 e. The fourth-order valence-corrected chi connectivity index (χ4v) is 3.13. The van der Waals surface area contributed by atoms with Gasteiger partial charge in [0, 0.05) is 38.1 Å². The summed E-state index contributed by atoms with van der Waals surface area (Å²) >= 11 is 0. The van der Waals surface area contributed by atoms with Crippen LogP contribution < -0.4 is 5.73 Å². The molecule has 1 unspecified atom stereocenters. The average molecular weight is 270 g/mol. The Morgan fingerprint density at radius 2 is 2.15 bits per heavy atom. The van der Waals surface area contributed by atoms with Gasteiger partial charge in [-0.25, -0.2) is 4.98 Å². The molecule has 0 radical (unpaired) electrons. The van der Waals surface area contributed by atoms with E-state index in [9.17, 15) is 0 Å². The highest BCUT2D eigenvalue weighted by Gasteiger charge is 2.25. The second-order valence-corrected chi connectivity index (χ2v) is 5.62. The van der Waals surface area contributed by atoms with Crippen LogP contribution in [-0.4, -0.2) is 27.5 Å². The number of hydrogen-bond acceptors (Lipinski definition) is 3. The van der Waals surface area contributed by atoms with Crippen LogP contribution in [0.25, 0.3) is 0 Å². The largest absolute Gasteiger partial charge is 0.333 e. The Morgan fingerprint density at radius 3 is 2.90 bits per heavy atom. The minimum atomic E-state index is 0.279. The third kappa shape index (κ3) is 2.37. The van der Waals surface area contributed by atoms with E-state index in [-0.39, 0.29) is 6.04 Å². The van der Waals surface area contributed by atoms with Gasteiger partial charge in [0.1, 0.15) is 5.82 Å². The lowest BCUT2D eigenvalue weighted by Gasteiger charge is -2.35. The Labute approximate surface area is 120 Å². The first-order valence-electron chi connectivity index (χ1n) is 7.20. The first-order valence-corrected chi connectivity index (χ1v) is 7.20. The minimum absolute atomic E-state index is 0.279. The van der Waals surface area contributed by atoms with Crippen molar-refractivity contribution >= 4 is 0 Å². The molecule has 2 N–H and O–H groups in total. The zero-order chi connectivity index (χ0) is 14.1. The number of fused-ring (bicyclic) bond motifs is 1. The van der Waals surface area contributed by atoms with Crippen molar-refractivity contribution in [2.24, 2.45) is 5.73 Å². The molecule has 4 heteroatoms. The molecule has 0 saturated carbocycles. The molecule has 1 aromatic heterocycles. The molecule has 1 aliphatic rings. The molecule has 1 aliphatic heterocycles. The van der Waals surface area contributed by atoms with E-state index in [2.05, 4.69) is 52.7 Å². The van der Waals surface area contributed by atoms with Crippen molar-refractivity contribution in [3.8, 4) is 0 Å². The Balaban J connectivity index is 1.87. The molecule has 0 amide bonds. The highest BCUT2D eigenvalue weighted by atomic mass is 15.3. The van der Waals surface area contributed by atoms with Crippen LogP contribution in [0.3, 0.4) is 0 Å². The molecule has 2 aromatic rings. The van der Waals surface area contributed by atoms with Gasteiger partial charge in [-0.15, -0.1) is 0 Å². The van der Waals surface area contributed by atoms with Gasteiger partial charge >= 0.3 is 0 Å². The van der Waals surface area contributed by atoms with Crippen molar-refractivity contribution < 1.29 is 0 Å². The minimum Gasteiger partial charge on any atom is -0.333 e. The topological polar surface area (TPSA) is 47.1 Å². The summed E-state index contributed by atoms with van der Waals surface area (Å²) < 4.78 is 2.23. The number of imidazole rings is 1. The number of benzene rings is 1. The number of nitrogens with zero attached hydrogens (tertiary/aromatic N) is 3. The van der Waals surface area contributed by atoms with Gasteiger partial charge in [0.2, 0.25) is 0 Å². The zero-order valence-electron chi connectivity index (χ0n) is 12.2. The molecule has 0 saturated heterocycles. The molecule has 2 heterocycles. The van der Waals surface area contributed by atoms with Gasteiger partial charge in [-0.1, -0.05) is 23.8 Å². The molecular formula is C16H22N4. The summed E-state index contributed by atoms with van der Waals surface area (Å²) in [6, 6.07) is 6.92. The molecule has 4 nitrogen and oxygen atoms in total. The Morgan fingerprint density at radius 1 is 1.30 bits per heavy atom. The summed E-state index contributed by atoms with van der Waals surface area (Å²) in [5, 5.41) is 0. The van der Waals surface area contributed by atoms with E-state index in [1.807, 2.05) is 6.20 Å². The SMILES string of the molecule is Cc1ccc(C(CN)N2CCn3ccnc3C2)c(C)c1. The number of rotatable bonds is 3. The van der Waals surface area contributed by atoms with Gasteiger partial charge in [0.05, 0.1) is 6.54 Å². The number of hydrogen-bond donors (Lipinski definition) is 1. The van der Waals surface area contributed by atoms with E-state index >= 15 is 0 Å². The van der Waals surface area contributed by atoms with Crippen LogP contribution in [0.15, 0.2) is 30.6 Å². The van der Waals surface area contributed by atoms with Gasteiger partial charge in [-0.2, -0.15) is 0 Å². The maximum absolute atomic E-state index is 6.07. The predicted octanol–water partition coefficient (Wildman–Crippen LogP) is 2.02.